The summed E-state index contributed by atoms with van der Waals surface area (Å²) in [7, 11) is 0. The van der Waals surface area contributed by atoms with Crippen molar-refractivity contribution >= 4 is 0 Å². The topological polar surface area (TPSA) is 35.2 Å². The lowest BCUT2D eigenvalue weighted by atomic mass is 10.4. The van der Waals surface area contributed by atoms with Gasteiger partial charge in [0, 0.05) is 6.54 Å². The fourth-order valence-corrected chi connectivity index (χ4v) is 0.384. The van der Waals surface area contributed by atoms with Gasteiger partial charge < -0.3 is 10.5 Å². The van der Waals surface area contributed by atoms with E-state index in [1.165, 1.54) is 0 Å². The molecule has 0 aliphatic heterocycles. The molecule has 0 aromatic carbocycles. The number of hydrogen-bond donors (Lipinski definition) is 1. The van der Waals surface area contributed by atoms with E-state index in [0.29, 0.717) is 13.2 Å². The first-order valence-corrected chi connectivity index (χ1v) is 3.24. The van der Waals surface area contributed by atoms with E-state index in [0.717, 1.165) is 0 Å². The van der Waals surface area contributed by atoms with Crippen LogP contribution in [-0.4, -0.2) is 19.3 Å². The quantitative estimate of drug-likeness (QED) is 0.573. The molecule has 1 unspecified atom stereocenters. The minimum atomic E-state index is 0.182. The number of ether oxygens (including phenoxy) is 1. The first-order chi connectivity index (χ1) is 4.31. The number of allylic oxidation sites excluding steroid dienone is 1. The zero-order chi connectivity index (χ0) is 7.11. The van der Waals surface area contributed by atoms with E-state index in [9.17, 15) is 0 Å². The van der Waals surface area contributed by atoms with Gasteiger partial charge in [0.1, 0.15) is 0 Å². The Morgan fingerprint density at radius 3 is 2.78 bits per heavy atom. The highest BCUT2D eigenvalue weighted by atomic mass is 16.5. The molecular weight excluding hydrogens is 114 g/mol. The van der Waals surface area contributed by atoms with E-state index in [1.54, 1.807) is 0 Å². The zero-order valence-electron chi connectivity index (χ0n) is 6.13. The Balaban J connectivity index is 3.06. The van der Waals surface area contributed by atoms with Gasteiger partial charge in [0.05, 0.1) is 12.7 Å². The first kappa shape index (κ1) is 8.66. The van der Waals surface area contributed by atoms with Crippen LogP contribution in [0.15, 0.2) is 12.2 Å². The summed E-state index contributed by atoms with van der Waals surface area (Å²) in [6.45, 7) is 5.20. The Kier molecular flexibility index (Phi) is 5.57. The van der Waals surface area contributed by atoms with Crippen molar-refractivity contribution in [1.82, 2.24) is 0 Å². The molecule has 0 fully saturated rings. The molecule has 0 rings (SSSR count). The van der Waals surface area contributed by atoms with Crippen LogP contribution in [0.5, 0.6) is 0 Å². The molecular formula is C7H15NO. The molecule has 0 aliphatic carbocycles. The van der Waals surface area contributed by atoms with Crippen LogP contribution in [0.1, 0.15) is 13.8 Å². The second-order valence-electron chi connectivity index (χ2n) is 1.95. The van der Waals surface area contributed by atoms with Gasteiger partial charge in [-0.25, -0.2) is 0 Å². The van der Waals surface area contributed by atoms with Crippen LogP contribution in [0.2, 0.25) is 0 Å². The van der Waals surface area contributed by atoms with Gasteiger partial charge in [0.15, 0.2) is 0 Å². The van der Waals surface area contributed by atoms with Gasteiger partial charge in [-0.2, -0.15) is 0 Å². The van der Waals surface area contributed by atoms with E-state index in [4.69, 9.17) is 10.5 Å². The maximum absolute atomic E-state index is 5.31. The summed E-state index contributed by atoms with van der Waals surface area (Å²) in [5.41, 5.74) is 5.31. The number of hydrogen-bond acceptors (Lipinski definition) is 2. The maximum Gasteiger partial charge on any atom is 0.0673 e. The molecule has 54 valence electrons. The van der Waals surface area contributed by atoms with Crippen molar-refractivity contribution < 1.29 is 4.74 Å². The lowest BCUT2D eigenvalue weighted by molar-refractivity contribution is 0.0947. The fraction of sp³-hybridized carbons (Fsp3) is 0.714. The molecule has 0 saturated carbocycles. The van der Waals surface area contributed by atoms with E-state index in [2.05, 4.69) is 0 Å². The lowest BCUT2D eigenvalue weighted by Crippen LogP contribution is -2.19. The monoisotopic (exact) mass is 129 g/mol. The van der Waals surface area contributed by atoms with Gasteiger partial charge in [-0.1, -0.05) is 12.2 Å². The summed E-state index contributed by atoms with van der Waals surface area (Å²) in [4.78, 5) is 0. The maximum atomic E-state index is 5.31. The standard InChI is InChI=1S/C7H15NO/c1-3-4-5-9-7(2)6-8/h3-4,7H,5-6,8H2,1-2H3. The summed E-state index contributed by atoms with van der Waals surface area (Å²) >= 11 is 0. The van der Waals surface area contributed by atoms with Crippen molar-refractivity contribution in [3.05, 3.63) is 12.2 Å². The highest BCUT2D eigenvalue weighted by Crippen LogP contribution is 1.86. The van der Waals surface area contributed by atoms with Crippen LogP contribution in [0, 0.1) is 0 Å². The number of nitrogens with two attached hydrogens (primary N) is 1. The van der Waals surface area contributed by atoms with Gasteiger partial charge in [-0.05, 0) is 13.8 Å². The van der Waals surface area contributed by atoms with E-state index in [1.807, 2.05) is 26.0 Å². The summed E-state index contributed by atoms with van der Waals surface area (Å²) in [6.07, 6.45) is 4.11. The minimum absolute atomic E-state index is 0.182. The Morgan fingerprint density at radius 1 is 1.67 bits per heavy atom. The van der Waals surface area contributed by atoms with Gasteiger partial charge in [-0.3, -0.25) is 0 Å². The molecule has 0 aromatic rings. The van der Waals surface area contributed by atoms with Crippen molar-refractivity contribution in [2.75, 3.05) is 13.2 Å². The molecule has 0 bridgehead atoms. The van der Waals surface area contributed by atoms with Crippen molar-refractivity contribution in [3.63, 3.8) is 0 Å². The third-order valence-corrected chi connectivity index (χ3v) is 1.04. The summed E-state index contributed by atoms with van der Waals surface area (Å²) in [5, 5.41) is 0. The average Bonchev–Trinajstić information content (AvgIpc) is 1.89. The normalized spacial score (nSPS) is 14.6. The van der Waals surface area contributed by atoms with Crippen LogP contribution < -0.4 is 5.73 Å². The molecule has 0 radical (unpaired) electrons. The third kappa shape index (κ3) is 5.53. The Labute approximate surface area is 56.7 Å². The third-order valence-electron chi connectivity index (χ3n) is 1.04. The van der Waals surface area contributed by atoms with Crippen molar-refractivity contribution in [3.8, 4) is 0 Å². The Morgan fingerprint density at radius 2 is 2.33 bits per heavy atom. The largest absolute Gasteiger partial charge is 0.373 e. The van der Waals surface area contributed by atoms with Crippen molar-refractivity contribution in [1.29, 1.82) is 0 Å². The van der Waals surface area contributed by atoms with Gasteiger partial charge in [0.25, 0.3) is 0 Å². The van der Waals surface area contributed by atoms with Gasteiger partial charge in [-0.15, -0.1) is 0 Å². The molecule has 2 heteroatoms. The highest BCUT2D eigenvalue weighted by Gasteiger charge is 1.93. The predicted molar refractivity (Wildman–Crippen MR) is 39.3 cm³/mol. The van der Waals surface area contributed by atoms with Gasteiger partial charge in [0.2, 0.25) is 0 Å². The lowest BCUT2D eigenvalue weighted by Gasteiger charge is -2.06. The van der Waals surface area contributed by atoms with E-state index in [-0.39, 0.29) is 6.10 Å². The minimum Gasteiger partial charge on any atom is -0.373 e. The second kappa shape index (κ2) is 5.79. The van der Waals surface area contributed by atoms with Crippen molar-refractivity contribution in [2.45, 2.75) is 20.0 Å². The molecule has 0 amide bonds. The molecule has 0 aromatic heterocycles. The van der Waals surface area contributed by atoms with Crippen molar-refractivity contribution in [2.24, 2.45) is 5.73 Å². The second-order valence-corrected chi connectivity index (χ2v) is 1.95. The first-order valence-electron chi connectivity index (χ1n) is 3.24. The predicted octanol–water partition coefficient (Wildman–Crippen LogP) is 0.926. The van der Waals surface area contributed by atoms with E-state index < -0.39 is 0 Å². The number of rotatable bonds is 4. The zero-order valence-corrected chi connectivity index (χ0v) is 6.13. The Bertz CT molecular complexity index is 81.0. The highest BCUT2D eigenvalue weighted by molar-refractivity contribution is 4.76. The molecule has 0 aliphatic rings. The summed E-state index contributed by atoms with van der Waals surface area (Å²) < 4.78 is 5.22. The fourth-order valence-electron chi connectivity index (χ4n) is 0.384. The van der Waals surface area contributed by atoms with E-state index >= 15 is 0 Å². The molecule has 0 saturated heterocycles. The summed E-state index contributed by atoms with van der Waals surface area (Å²) in [6, 6.07) is 0. The van der Waals surface area contributed by atoms with Crippen LogP contribution in [0.3, 0.4) is 0 Å². The molecule has 1 atom stereocenters. The smallest absolute Gasteiger partial charge is 0.0673 e. The van der Waals surface area contributed by atoms with Crippen LogP contribution in [0.4, 0.5) is 0 Å². The molecule has 9 heavy (non-hydrogen) atoms. The molecule has 2 nitrogen and oxygen atoms in total. The van der Waals surface area contributed by atoms with Gasteiger partial charge >= 0.3 is 0 Å². The van der Waals surface area contributed by atoms with Crippen LogP contribution in [0.25, 0.3) is 0 Å². The van der Waals surface area contributed by atoms with Crippen LogP contribution in [-0.2, 0) is 4.74 Å². The van der Waals surface area contributed by atoms with Crippen LogP contribution >= 0.6 is 0 Å². The SMILES string of the molecule is CC=CCOC(C)CN. The molecule has 2 N–H and O–H groups in total. The summed E-state index contributed by atoms with van der Waals surface area (Å²) in [5.74, 6) is 0. The molecule has 0 heterocycles. The Hall–Kier alpha value is -0.340. The molecule has 0 spiro atoms. The average molecular weight is 129 g/mol.